The Balaban J connectivity index is 2.95. The van der Waals surface area contributed by atoms with Gasteiger partial charge in [0.25, 0.3) is 0 Å². The van der Waals surface area contributed by atoms with Crippen molar-refractivity contribution in [2.24, 2.45) is 0 Å². The van der Waals surface area contributed by atoms with Crippen LogP contribution in [0.2, 0.25) is 5.15 Å². The lowest BCUT2D eigenvalue weighted by Gasteiger charge is -2.09. The molecular formula is C9H10ClF3N2. The van der Waals surface area contributed by atoms with Gasteiger partial charge in [-0.15, -0.1) is 0 Å². The third-order valence-electron chi connectivity index (χ3n) is 1.88. The van der Waals surface area contributed by atoms with Gasteiger partial charge in [-0.1, -0.05) is 11.6 Å². The molecule has 0 unspecified atom stereocenters. The van der Waals surface area contributed by atoms with E-state index < -0.39 is 11.7 Å². The molecule has 15 heavy (non-hydrogen) atoms. The van der Waals surface area contributed by atoms with Crippen LogP contribution in [0.4, 0.5) is 13.2 Å². The predicted octanol–water partition coefficient (Wildman–Crippen LogP) is 2.52. The summed E-state index contributed by atoms with van der Waals surface area (Å²) in [7, 11) is 1.72. The fraction of sp³-hybridized carbons (Fsp3) is 0.444. The van der Waals surface area contributed by atoms with E-state index in [2.05, 4.69) is 10.3 Å². The lowest BCUT2D eigenvalue weighted by atomic mass is 10.1. The van der Waals surface area contributed by atoms with Gasteiger partial charge in [-0.2, -0.15) is 13.2 Å². The van der Waals surface area contributed by atoms with Crippen molar-refractivity contribution in [3.05, 3.63) is 28.5 Å². The second kappa shape index (κ2) is 4.81. The zero-order valence-corrected chi connectivity index (χ0v) is 8.78. The summed E-state index contributed by atoms with van der Waals surface area (Å²) in [5.74, 6) is 0. The van der Waals surface area contributed by atoms with Crippen molar-refractivity contribution < 1.29 is 13.2 Å². The van der Waals surface area contributed by atoms with Gasteiger partial charge in [-0.25, -0.2) is 4.98 Å². The molecule has 0 saturated heterocycles. The molecule has 0 saturated carbocycles. The molecule has 0 amide bonds. The van der Waals surface area contributed by atoms with Crippen LogP contribution >= 0.6 is 11.6 Å². The van der Waals surface area contributed by atoms with E-state index in [-0.39, 0.29) is 5.15 Å². The molecule has 0 radical (unpaired) electrons. The minimum atomic E-state index is -4.37. The van der Waals surface area contributed by atoms with E-state index in [0.29, 0.717) is 18.5 Å². The maximum Gasteiger partial charge on any atom is 0.417 e. The van der Waals surface area contributed by atoms with Crippen molar-refractivity contribution in [3.8, 4) is 0 Å². The molecule has 0 fully saturated rings. The largest absolute Gasteiger partial charge is 0.417 e. The van der Waals surface area contributed by atoms with Crippen LogP contribution in [0.5, 0.6) is 0 Å². The van der Waals surface area contributed by atoms with E-state index in [4.69, 9.17) is 11.6 Å². The Labute approximate surface area is 90.5 Å². The molecule has 0 aliphatic heterocycles. The normalized spacial score (nSPS) is 11.8. The predicted molar refractivity (Wildman–Crippen MR) is 51.9 cm³/mol. The standard InChI is InChI=1S/C9H10ClF3N2/c1-14-3-2-6-4-7(9(11,12)13)5-15-8(6)10/h4-5,14H,2-3H2,1H3. The Morgan fingerprint density at radius 1 is 1.47 bits per heavy atom. The highest BCUT2D eigenvalue weighted by atomic mass is 35.5. The Morgan fingerprint density at radius 2 is 2.13 bits per heavy atom. The number of hydrogen-bond acceptors (Lipinski definition) is 2. The van der Waals surface area contributed by atoms with Crippen LogP contribution in [0, 0.1) is 0 Å². The van der Waals surface area contributed by atoms with Crippen LogP contribution in [0.25, 0.3) is 0 Å². The third-order valence-corrected chi connectivity index (χ3v) is 2.22. The van der Waals surface area contributed by atoms with Gasteiger partial charge in [0.2, 0.25) is 0 Å². The summed E-state index contributed by atoms with van der Waals surface area (Å²) in [4.78, 5) is 3.52. The second-order valence-corrected chi connectivity index (χ2v) is 3.38. The van der Waals surface area contributed by atoms with Gasteiger partial charge in [0.1, 0.15) is 5.15 Å². The van der Waals surface area contributed by atoms with E-state index in [1.54, 1.807) is 7.05 Å². The van der Waals surface area contributed by atoms with Crippen LogP contribution in [0.1, 0.15) is 11.1 Å². The van der Waals surface area contributed by atoms with Crippen LogP contribution < -0.4 is 5.32 Å². The van der Waals surface area contributed by atoms with Crippen LogP contribution in [-0.4, -0.2) is 18.6 Å². The summed E-state index contributed by atoms with van der Waals surface area (Å²) in [5.41, 5.74) is -0.362. The van der Waals surface area contributed by atoms with E-state index in [0.717, 1.165) is 12.3 Å². The Kier molecular flexibility index (Phi) is 3.93. The van der Waals surface area contributed by atoms with Gasteiger partial charge in [-0.3, -0.25) is 0 Å². The molecule has 0 aliphatic carbocycles. The van der Waals surface area contributed by atoms with Crippen molar-refractivity contribution >= 4 is 11.6 Å². The topological polar surface area (TPSA) is 24.9 Å². The molecule has 1 N–H and O–H groups in total. The van der Waals surface area contributed by atoms with Gasteiger partial charge in [0.15, 0.2) is 0 Å². The maximum atomic E-state index is 12.3. The Bertz CT molecular complexity index is 339. The molecular weight excluding hydrogens is 229 g/mol. The van der Waals surface area contributed by atoms with Crippen molar-refractivity contribution in [1.29, 1.82) is 0 Å². The monoisotopic (exact) mass is 238 g/mol. The lowest BCUT2D eigenvalue weighted by molar-refractivity contribution is -0.137. The van der Waals surface area contributed by atoms with Gasteiger partial charge in [0, 0.05) is 6.20 Å². The molecule has 0 spiro atoms. The van der Waals surface area contributed by atoms with Crippen molar-refractivity contribution in [3.63, 3.8) is 0 Å². The van der Waals surface area contributed by atoms with Crippen LogP contribution in [0.15, 0.2) is 12.3 Å². The van der Waals surface area contributed by atoms with Crippen molar-refractivity contribution in [2.75, 3.05) is 13.6 Å². The molecule has 1 aromatic rings. The highest BCUT2D eigenvalue weighted by Gasteiger charge is 2.31. The maximum absolute atomic E-state index is 12.3. The number of halogens is 4. The lowest BCUT2D eigenvalue weighted by Crippen LogP contribution is -2.12. The van der Waals surface area contributed by atoms with E-state index >= 15 is 0 Å². The molecule has 6 heteroatoms. The first-order valence-electron chi connectivity index (χ1n) is 4.31. The highest BCUT2D eigenvalue weighted by molar-refractivity contribution is 6.30. The first kappa shape index (κ1) is 12.3. The minimum Gasteiger partial charge on any atom is -0.319 e. The molecule has 2 nitrogen and oxygen atoms in total. The number of nitrogens with one attached hydrogen (secondary N) is 1. The van der Waals surface area contributed by atoms with E-state index in [9.17, 15) is 13.2 Å². The Hall–Kier alpha value is -0.810. The van der Waals surface area contributed by atoms with E-state index in [1.807, 2.05) is 0 Å². The summed E-state index contributed by atoms with van der Waals surface area (Å²) in [6.45, 7) is 0.558. The summed E-state index contributed by atoms with van der Waals surface area (Å²) in [5, 5.41) is 2.96. The summed E-state index contributed by atoms with van der Waals surface area (Å²) in [6, 6.07) is 1.03. The number of nitrogens with zero attached hydrogens (tertiary/aromatic N) is 1. The molecule has 0 aliphatic rings. The second-order valence-electron chi connectivity index (χ2n) is 3.03. The molecule has 1 rings (SSSR count). The Morgan fingerprint density at radius 3 is 2.67 bits per heavy atom. The summed E-state index contributed by atoms with van der Waals surface area (Å²) in [6.07, 6.45) is -3.20. The molecule has 0 bridgehead atoms. The average Bonchev–Trinajstić information content (AvgIpc) is 2.15. The quantitative estimate of drug-likeness (QED) is 0.819. The zero-order valence-electron chi connectivity index (χ0n) is 8.03. The molecule has 84 valence electrons. The number of likely N-dealkylation sites (N-methyl/N-ethyl adjacent to an activating group) is 1. The minimum absolute atomic E-state index is 0.123. The molecule has 0 atom stereocenters. The number of alkyl halides is 3. The first-order chi connectivity index (χ1) is 6.95. The summed E-state index contributed by atoms with van der Waals surface area (Å²) < 4.78 is 37.0. The fourth-order valence-electron chi connectivity index (χ4n) is 1.08. The summed E-state index contributed by atoms with van der Waals surface area (Å²) >= 11 is 5.68. The average molecular weight is 239 g/mol. The molecule has 1 aromatic heterocycles. The number of aromatic nitrogens is 1. The fourth-order valence-corrected chi connectivity index (χ4v) is 1.28. The third kappa shape index (κ3) is 3.35. The SMILES string of the molecule is CNCCc1cc(C(F)(F)F)cnc1Cl. The van der Waals surface area contributed by atoms with Gasteiger partial charge < -0.3 is 5.32 Å². The van der Waals surface area contributed by atoms with Crippen molar-refractivity contribution in [2.45, 2.75) is 12.6 Å². The molecule has 0 aromatic carbocycles. The highest BCUT2D eigenvalue weighted by Crippen LogP contribution is 2.30. The first-order valence-corrected chi connectivity index (χ1v) is 4.69. The number of rotatable bonds is 3. The molecule has 1 heterocycles. The zero-order chi connectivity index (χ0) is 11.5. The number of hydrogen-bond donors (Lipinski definition) is 1. The number of pyridine rings is 1. The van der Waals surface area contributed by atoms with Gasteiger partial charge in [-0.05, 0) is 31.6 Å². The van der Waals surface area contributed by atoms with Crippen LogP contribution in [0.3, 0.4) is 0 Å². The van der Waals surface area contributed by atoms with Gasteiger partial charge >= 0.3 is 6.18 Å². The van der Waals surface area contributed by atoms with Crippen LogP contribution in [-0.2, 0) is 12.6 Å². The van der Waals surface area contributed by atoms with E-state index in [1.165, 1.54) is 0 Å². The van der Waals surface area contributed by atoms with Crippen molar-refractivity contribution in [1.82, 2.24) is 10.3 Å². The van der Waals surface area contributed by atoms with Gasteiger partial charge in [0.05, 0.1) is 5.56 Å². The smallest absolute Gasteiger partial charge is 0.319 e.